The molecule has 6 rings (SSSR count). The van der Waals surface area contributed by atoms with Crippen LogP contribution in [0.4, 0.5) is 0 Å². The van der Waals surface area contributed by atoms with Gasteiger partial charge in [0.05, 0.1) is 5.60 Å². The molecule has 0 saturated carbocycles. The van der Waals surface area contributed by atoms with Gasteiger partial charge in [-0.1, -0.05) is 54.9 Å². The molecule has 0 aliphatic carbocycles. The summed E-state index contributed by atoms with van der Waals surface area (Å²) < 4.78 is 2.04. The van der Waals surface area contributed by atoms with Gasteiger partial charge in [0.25, 0.3) is 0 Å². The Balaban J connectivity index is 1.10. The van der Waals surface area contributed by atoms with Crippen LogP contribution in [0.15, 0.2) is 71.9 Å². The Kier molecular flexibility index (Phi) is 7.71. The lowest BCUT2D eigenvalue weighted by Crippen LogP contribution is -2.54. The number of carbonyl (C=O) groups is 1. The summed E-state index contributed by atoms with van der Waals surface area (Å²) in [7, 11) is 0. The van der Waals surface area contributed by atoms with E-state index in [-0.39, 0.29) is 17.7 Å². The number of rotatable bonds is 6. The Morgan fingerprint density at radius 1 is 1.07 bits per heavy atom. The number of carbonyl (C=O) groups excluding carboxylic acids is 1. The highest BCUT2D eigenvalue weighted by Crippen LogP contribution is 2.35. The molecule has 0 unspecified atom stereocenters. The van der Waals surface area contributed by atoms with Gasteiger partial charge in [-0.05, 0) is 62.2 Å². The molecule has 4 heterocycles. The van der Waals surface area contributed by atoms with Crippen LogP contribution in [0.2, 0.25) is 5.02 Å². The van der Waals surface area contributed by atoms with E-state index >= 15 is 0 Å². The largest absolute Gasteiger partial charge is 0.388 e. The summed E-state index contributed by atoms with van der Waals surface area (Å²) in [5.41, 5.74) is 2.28. The van der Waals surface area contributed by atoms with Crippen molar-refractivity contribution in [3.05, 3.63) is 88.2 Å². The highest BCUT2D eigenvalue weighted by atomic mass is 35.5. The summed E-state index contributed by atoms with van der Waals surface area (Å²) in [4.78, 5) is 25.2. The molecule has 0 bridgehead atoms. The number of amides is 1. The van der Waals surface area contributed by atoms with Crippen LogP contribution >= 0.6 is 11.6 Å². The van der Waals surface area contributed by atoms with Gasteiger partial charge in [0.2, 0.25) is 5.91 Å². The Morgan fingerprint density at radius 2 is 1.88 bits per heavy atom. The van der Waals surface area contributed by atoms with E-state index in [1.54, 1.807) is 0 Å². The Labute approximate surface area is 241 Å². The van der Waals surface area contributed by atoms with Gasteiger partial charge < -0.3 is 24.4 Å². The van der Waals surface area contributed by atoms with E-state index in [1.807, 2.05) is 52.1 Å². The van der Waals surface area contributed by atoms with E-state index in [2.05, 4.69) is 47.2 Å². The number of piperidine rings is 2. The van der Waals surface area contributed by atoms with Gasteiger partial charge in [0.1, 0.15) is 12.2 Å². The molecular formula is C32H38ClN5O2. The van der Waals surface area contributed by atoms with Gasteiger partial charge in [0.15, 0.2) is 0 Å². The molecule has 1 N–H and O–H groups in total. The van der Waals surface area contributed by atoms with Crippen molar-refractivity contribution in [3.63, 3.8) is 0 Å². The molecule has 2 atom stereocenters. The summed E-state index contributed by atoms with van der Waals surface area (Å²) >= 11 is 6.20. The van der Waals surface area contributed by atoms with Crippen molar-refractivity contribution in [2.45, 2.75) is 37.7 Å². The fourth-order valence-corrected chi connectivity index (χ4v) is 6.77. The highest BCUT2D eigenvalue weighted by Gasteiger charge is 2.40. The molecule has 3 aliphatic heterocycles. The third kappa shape index (κ3) is 5.55. The predicted octanol–water partition coefficient (Wildman–Crippen LogP) is 3.24. The molecule has 1 amide bonds. The number of β-amino-alcohol motifs (C(OH)–C–C–N with tert-alkyl or cyclic N) is 1. The summed E-state index contributed by atoms with van der Waals surface area (Å²) in [6, 6.07) is 20.3. The van der Waals surface area contributed by atoms with Gasteiger partial charge in [0, 0.05) is 66.3 Å². The van der Waals surface area contributed by atoms with E-state index < -0.39 is 5.60 Å². The number of likely N-dealkylation sites (N-methyl/N-ethyl adjacent to an activating group) is 1. The normalized spacial score (nSPS) is 22.8. The average molecular weight is 560 g/mol. The zero-order valence-electron chi connectivity index (χ0n) is 23.1. The van der Waals surface area contributed by atoms with Crippen molar-refractivity contribution in [1.29, 1.82) is 0 Å². The monoisotopic (exact) mass is 559 g/mol. The van der Waals surface area contributed by atoms with Gasteiger partial charge in [-0.3, -0.25) is 4.79 Å². The van der Waals surface area contributed by atoms with Gasteiger partial charge in [-0.15, -0.1) is 0 Å². The first-order valence-corrected chi connectivity index (χ1v) is 14.8. The maximum atomic E-state index is 13.8. The third-order valence-electron chi connectivity index (χ3n) is 8.89. The fourth-order valence-electron chi connectivity index (χ4n) is 6.59. The fraction of sp³-hybridized carbons (Fsp3) is 0.438. The number of aromatic nitrogens is 1. The van der Waals surface area contributed by atoms with Crippen molar-refractivity contribution in [1.82, 2.24) is 19.3 Å². The molecule has 8 heteroatoms. The van der Waals surface area contributed by atoms with E-state index in [4.69, 9.17) is 16.6 Å². The first-order chi connectivity index (χ1) is 19.4. The van der Waals surface area contributed by atoms with Crippen LogP contribution in [-0.2, 0) is 4.79 Å². The minimum Gasteiger partial charge on any atom is -0.388 e. The van der Waals surface area contributed by atoms with Gasteiger partial charge >= 0.3 is 0 Å². The summed E-state index contributed by atoms with van der Waals surface area (Å²) in [6.45, 7) is 7.25. The number of nitrogens with zero attached hydrogens (tertiary/aromatic N) is 5. The second kappa shape index (κ2) is 11.4. The molecule has 210 valence electrons. The van der Waals surface area contributed by atoms with Crippen LogP contribution < -0.4 is 10.7 Å². The molecule has 3 aliphatic rings. The molecule has 3 aromatic rings. The number of halogens is 1. The molecular weight excluding hydrogens is 522 g/mol. The first-order valence-electron chi connectivity index (χ1n) is 14.4. The highest BCUT2D eigenvalue weighted by molar-refractivity contribution is 6.30. The lowest BCUT2D eigenvalue weighted by atomic mass is 9.79. The minimum atomic E-state index is -0.847. The van der Waals surface area contributed by atoms with Gasteiger partial charge in [-0.2, -0.15) is 0 Å². The molecule has 2 aromatic carbocycles. The van der Waals surface area contributed by atoms with Crippen molar-refractivity contribution in [3.8, 4) is 5.69 Å². The predicted molar refractivity (Wildman–Crippen MR) is 158 cm³/mol. The van der Waals surface area contributed by atoms with E-state index in [0.717, 1.165) is 42.4 Å². The van der Waals surface area contributed by atoms with Crippen LogP contribution in [0.3, 0.4) is 0 Å². The molecule has 1 aromatic heterocycles. The molecule has 0 radical (unpaired) electrons. The van der Waals surface area contributed by atoms with E-state index in [9.17, 15) is 9.90 Å². The molecule has 2 saturated heterocycles. The topological polar surface area (TPSA) is 64.3 Å². The van der Waals surface area contributed by atoms with Crippen LogP contribution in [-0.4, -0.2) is 81.8 Å². The smallest absolute Gasteiger partial charge is 0.226 e. The zero-order chi connectivity index (χ0) is 27.7. The Bertz CT molecular complexity index is 1460. The molecule has 40 heavy (non-hydrogen) atoms. The van der Waals surface area contributed by atoms with Crippen LogP contribution in [0, 0.1) is 5.92 Å². The second-order valence-corrected chi connectivity index (χ2v) is 11.9. The molecule has 0 spiro atoms. The quantitative estimate of drug-likeness (QED) is 0.504. The van der Waals surface area contributed by atoms with Gasteiger partial charge in [-0.25, -0.2) is 4.99 Å². The third-order valence-corrected chi connectivity index (χ3v) is 9.13. The number of likely N-dealkylation sites (tertiary alicyclic amines) is 2. The van der Waals surface area contributed by atoms with Crippen LogP contribution in [0.25, 0.3) is 11.9 Å². The number of hydrogen-bond acceptors (Lipinski definition) is 5. The van der Waals surface area contributed by atoms with E-state index in [0.29, 0.717) is 44.2 Å². The van der Waals surface area contributed by atoms with Crippen molar-refractivity contribution in [2.24, 2.45) is 10.9 Å². The number of fused-ring (bicyclic) bond motifs is 1. The summed E-state index contributed by atoms with van der Waals surface area (Å²) in [5, 5.41) is 13.2. The molecule has 2 fully saturated rings. The zero-order valence-corrected chi connectivity index (χ0v) is 23.9. The average Bonchev–Trinajstić information content (AvgIpc) is 3.40. The summed E-state index contributed by atoms with van der Waals surface area (Å²) in [6.07, 6.45) is 6.12. The molecule has 7 nitrogen and oxygen atoms in total. The SMILES string of the molecule is CCN1CC[C@@H](C(=O)N2CCC(O)(CN3C=c4ccn(-c5cccc(Cl)c5)c4=NC3)CC2)[C@H](c2ccccc2)C1. The maximum absolute atomic E-state index is 13.8. The maximum Gasteiger partial charge on any atom is 0.226 e. The number of benzene rings is 2. The number of hydrogen-bond donors (Lipinski definition) is 1. The minimum absolute atomic E-state index is 0.00688. The van der Waals surface area contributed by atoms with Crippen molar-refractivity contribution < 1.29 is 9.90 Å². The standard InChI is InChI=1S/C32H38ClN5O2/c1-2-35-15-12-28(29(21-35)24-7-4-3-5-8-24)31(39)37-17-13-32(40,14-18-37)22-36-20-25-11-16-38(30(25)34-23-36)27-10-6-9-26(33)19-27/h3-11,16,19-20,28-29,40H,2,12-15,17-18,21-23H2,1H3/t28-,29+/m1/s1. The van der Waals surface area contributed by atoms with Crippen LogP contribution in [0.1, 0.15) is 37.7 Å². The Hall–Kier alpha value is -3.13. The van der Waals surface area contributed by atoms with Crippen LogP contribution in [0.5, 0.6) is 0 Å². The van der Waals surface area contributed by atoms with Crippen molar-refractivity contribution in [2.75, 3.05) is 45.9 Å². The first kappa shape index (κ1) is 27.1. The second-order valence-electron chi connectivity index (χ2n) is 11.5. The lowest BCUT2D eigenvalue weighted by molar-refractivity contribution is -0.142. The summed E-state index contributed by atoms with van der Waals surface area (Å²) in [5.74, 6) is 0.451. The van der Waals surface area contributed by atoms with Crippen molar-refractivity contribution >= 4 is 23.7 Å². The lowest BCUT2D eigenvalue weighted by Gasteiger charge is -2.44. The Morgan fingerprint density at radius 3 is 2.62 bits per heavy atom. The number of aliphatic hydroxyl groups is 1. The van der Waals surface area contributed by atoms with E-state index in [1.165, 1.54) is 5.56 Å².